The van der Waals surface area contributed by atoms with E-state index in [9.17, 15) is 22.4 Å². The molecule has 0 aliphatic carbocycles. The molecule has 10 heteroatoms. The van der Waals surface area contributed by atoms with Crippen molar-refractivity contribution < 1.29 is 22.4 Å². The van der Waals surface area contributed by atoms with Gasteiger partial charge in [0.25, 0.3) is 0 Å². The maximum atomic E-state index is 13.6. The fourth-order valence-electron chi connectivity index (χ4n) is 3.27. The second-order valence-corrected chi connectivity index (χ2v) is 11.8. The molecule has 1 atom stereocenters. The smallest absolute Gasteiger partial charge is 0.304 e. The zero-order chi connectivity index (χ0) is 26.6. The molecule has 0 bridgehead atoms. The molecule has 0 heterocycles. The number of nitrogens with one attached hydrogen (secondary N) is 1. The summed E-state index contributed by atoms with van der Waals surface area (Å²) in [4.78, 5) is 27.9. The summed E-state index contributed by atoms with van der Waals surface area (Å²) >= 11 is 0. The SMILES string of the molecule is Cc1ccc(CN(C(=O)CN(c2ccc(F)cc2)S(=O)(=O)N(C)C)[C@H](C)C(=O)NC(C)(C)C)cc1. The molecule has 0 radical (unpaired) electrons. The van der Waals surface area contributed by atoms with Gasteiger partial charge in [-0.2, -0.15) is 12.7 Å². The summed E-state index contributed by atoms with van der Waals surface area (Å²) in [6.45, 7) is 8.61. The predicted octanol–water partition coefficient (Wildman–Crippen LogP) is 3.08. The third-order valence-corrected chi connectivity index (χ3v) is 7.09. The van der Waals surface area contributed by atoms with Crippen LogP contribution in [-0.4, -0.2) is 61.7 Å². The fraction of sp³-hybridized carbons (Fsp3) is 0.440. The Bertz CT molecular complexity index is 1130. The van der Waals surface area contributed by atoms with Crippen molar-refractivity contribution in [2.75, 3.05) is 24.9 Å². The van der Waals surface area contributed by atoms with Gasteiger partial charge in [-0.05, 0) is 64.4 Å². The highest BCUT2D eigenvalue weighted by atomic mass is 32.2. The Morgan fingerprint density at radius 1 is 1.00 bits per heavy atom. The van der Waals surface area contributed by atoms with Crippen molar-refractivity contribution in [3.63, 3.8) is 0 Å². The van der Waals surface area contributed by atoms with Crippen LogP contribution in [0.1, 0.15) is 38.8 Å². The van der Waals surface area contributed by atoms with Crippen molar-refractivity contribution in [2.24, 2.45) is 0 Å². The van der Waals surface area contributed by atoms with E-state index >= 15 is 0 Å². The molecule has 0 saturated carbocycles. The lowest BCUT2D eigenvalue weighted by Gasteiger charge is -2.34. The first-order valence-electron chi connectivity index (χ1n) is 11.2. The van der Waals surface area contributed by atoms with E-state index in [1.54, 1.807) is 6.92 Å². The Kier molecular flexibility index (Phi) is 9.02. The molecular weight excluding hydrogens is 471 g/mol. The zero-order valence-corrected chi connectivity index (χ0v) is 22.2. The maximum Gasteiger partial charge on any atom is 0.304 e. The second-order valence-electron chi connectivity index (χ2n) is 9.70. The lowest BCUT2D eigenvalue weighted by atomic mass is 10.1. The van der Waals surface area contributed by atoms with E-state index in [0.717, 1.165) is 31.9 Å². The number of halogens is 1. The average Bonchev–Trinajstić information content (AvgIpc) is 2.75. The molecule has 2 aromatic rings. The van der Waals surface area contributed by atoms with Gasteiger partial charge in [0.05, 0.1) is 5.69 Å². The molecule has 0 aliphatic rings. The van der Waals surface area contributed by atoms with E-state index in [-0.39, 0.29) is 18.1 Å². The molecule has 2 rings (SSSR count). The Labute approximate surface area is 207 Å². The van der Waals surface area contributed by atoms with Crippen LogP contribution in [0.15, 0.2) is 48.5 Å². The van der Waals surface area contributed by atoms with E-state index in [4.69, 9.17) is 0 Å². The number of carbonyl (C=O) groups is 2. The van der Waals surface area contributed by atoms with Crippen molar-refractivity contribution in [1.82, 2.24) is 14.5 Å². The normalized spacial score (nSPS) is 12.8. The van der Waals surface area contributed by atoms with E-state index in [0.29, 0.717) is 0 Å². The Balaban J connectivity index is 2.45. The average molecular weight is 507 g/mol. The molecule has 35 heavy (non-hydrogen) atoms. The lowest BCUT2D eigenvalue weighted by Crippen LogP contribution is -2.54. The topological polar surface area (TPSA) is 90.0 Å². The van der Waals surface area contributed by atoms with Gasteiger partial charge in [-0.25, -0.2) is 8.70 Å². The van der Waals surface area contributed by atoms with Crippen LogP contribution in [0.5, 0.6) is 0 Å². The number of benzene rings is 2. The highest BCUT2D eigenvalue weighted by Gasteiger charge is 2.33. The second kappa shape index (κ2) is 11.2. The predicted molar refractivity (Wildman–Crippen MR) is 135 cm³/mol. The summed E-state index contributed by atoms with van der Waals surface area (Å²) in [6, 6.07) is 11.5. The number of amides is 2. The Hall–Kier alpha value is -2.98. The lowest BCUT2D eigenvalue weighted by molar-refractivity contribution is -0.140. The Morgan fingerprint density at radius 3 is 2.03 bits per heavy atom. The molecule has 8 nitrogen and oxygen atoms in total. The van der Waals surface area contributed by atoms with Crippen molar-refractivity contribution >= 4 is 27.7 Å². The summed E-state index contributed by atoms with van der Waals surface area (Å²) in [6.07, 6.45) is 0. The van der Waals surface area contributed by atoms with E-state index < -0.39 is 40.1 Å². The van der Waals surface area contributed by atoms with Crippen LogP contribution in [0.25, 0.3) is 0 Å². The van der Waals surface area contributed by atoms with Gasteiger partial charge in [-0.15, -0.1) is 0 Å². The first-order valence-corrected chi connectivity index (χ1v) is 12.6. The standard InChI is InChI=1S/C25H35FN4O4S/c1-18-8-10-20(11-9-18)16-29(19(2)24(32)27-25(3,4)5)23(31)17-30(35(33,34)28(6)7)22-14-12-21(26)13-15-22/h8-15,19H,16-17H2,1-7H3,(H,27,32)/t19-/m1/s1. The summed E-state index contributed by atoms with van der Waals surface area (Å²) in [5.74, 6) is -1.46. The quantitative estimate of drug-likeness (QED) is 0.566. The van der Waals surface area contributed by atoms with Crippen molar-refractivity contribution in [2.45, 2.75) is 52.7 Å². The van der Waals surface area contributed by atoms with Crippen LogP contribution in [-0.2, 0) is 26.3 Å². The maximum absolute atomic E-state index is 13.6. The van der Waals surface area contributed by atoms with E-state index in [2.05, 4.69) is 5.32 Å². The molecule has 0 spiro atoms. The third kappa shape index (κ3) is 7.76. The fourth-order valence-corrected chi connectivity index (χ4v) is 4.33. The highest BCUT2D eigenvalue weighted by molar-refractivity contribution is 7.90. The van der Waals surface area contributed by atoms with Gasteiger partial charge in [0.1, 0.15) is 18.4 Å². The van der Waals surface area contributed by atoms with Gasteiger partial charge in [0.15, 0.2) is 0 Å². The number of rotatable bonds is 9. The van der Waals surface area contributed by atoms with Crippen LogP contribution >= 0.6 is 0 Å². The molecule has 1 N–H and O–H groups in total. The summed E-state index contributed by atoms with van der Waals surface area (Å²) < 4.78 is 41.5. The van der Waals surface area contributed by atoms with Crippen molar-refractivity contribution in [3.05, 3.63) is 65.5 Å². The first kappa shape index (κ1) is 28.3. The molecule has 0 fully saturated rings. The summed E-state index contributed by atoms with van der Waals surface area (Å²) in [7, 11) is -1.40. The van der Waals surface area contributed by atoms with Gasteiger partial charge >= 0.3 is 10.2 Å². The minimum atomic E-state index is -4.09. The number of hydrogen-bond acceptors (Lipinski definition) is 4. The molecule has 2 amide bonds. The van der Waals surface area contributed by atoms with Gasteiger partial charge in [0, 0.05) is 26.2 Å². The van der Waals surface area contributed by atoms with Crippen LogP contribution in [0.2, 0.25) is 0 Å². The third-order valence-electron chi connectivity index (χ3n) is 5.27. The Morgan fingerprint density at radius 2 is 1.54 bits per heavy atom. The van der Waals surface area contributed by atoms with E-state index in [1.165, 1.54) is 31.1 Å². The zero-order valence-electron chi connectivity index (χ0n) is 21.4. The number of nitrogens with zero attached hydrogens (tertiary/aromatic N) is 3. The number of hydrogen-bond donors (Lipinski definition) is 1. The molecular formula is C25H35FN4O4S. The molecule has 2 aromatic carbocycles. The highest BCUT2D eigenvalue weighted by Crippen LogP contribution is 2.21. The van der Waals surface area contributed by atoms with Gasteiger partial charge in [-0.1, -0.05) is 29.8 Å². The summed E-state index contributed by atoms with van der Waals surface area (Å²) in [5.41, 5.74) is 1.46. The molecule has 0 aliphatic heterocycles. The molecule has 0 saturated heterocycles. The minimum Gasteiger partial charge on any atom is -0.350 e. The van der Waals surface area contributed by atoms with Crippen LogP contribution in [0, 0.1) is 12.7 Å². The van der Waals surface area contributed by atoms with E-state index in [1.807, 2.05) is 52.0 Å². The van der Waals surface area contributed by atoms with Gasteiger partial charge < -0.3 is 10.2 Å². The van der Waals surface area contributed by atoms with Crippen LogP contribution < -0.4 is 9.62 Å². The number of carbonyl (C=O) groups excluding carboxylic acids is 2. The molecule has 0 unspecified atom stereocenters. The van der Waals surface area contributed by atoms with Gasteiger partial charge in [0.2, 0.25) is 11.8 Å². The molecule has 192 valence electrons. The molecule has 0 aromatic heterocycles. The first-order chi connectivity index (χ1) is 16.1. The van der Waals surface area contributed by atoms with Crippen molar-refractivity contribution in [1.29, 1.82) is 0 Å². The largest absolute Gasteiger partial charge is 0.350 e. The monoisotopic (exact) mass is 506 g/mol. The van der Waals surface area contributed by atoms with Crippen molar-refractivity contribution in [3.8, 4) is 0 Å². The van der Waals surface area contributed by atoms with Gasteiger partial charge in [-0.3, -0.25) is 9.59 Å². The van der Waals surface area contributed by atoms with Crippen LogP contribution in [0.3, 0.4) is 0 Å². The summed E-state index contributed by atoms with van der Waals surface area (Å²) in [5, 5.41) is 2.87. The van der Waals surface area contributed by atoms with Crippen LogP contribution in [0.4, 0.5) is 10.1 Å². The number of aryl methyl sites for hydroxylation is 1. The number of anilines is 1. The minimum absolute atomic E-state index is 0.108.